The predicted octanol–water partition coefficient (Wildman–Crippen LogP) is 2.55. The van der Waals surface area contributed by atoms with Gasteiger partial charge in [-0.25, -0.2) is 0 Å². The summed E-state index contributed by atoms with van der Waals surface area (Å²) in [6.45, 7) is 8.14. The number of rotatable bonds is 3. The van der Waals surface area contributed by atoms with Crippen LogP contribution in [0.3, 0.4) is 0 Å². The molecule has 0 aliphatic rings. The third kappa shape index (κ3) is 3.61. The normalized spacial score (nSPS) is 13.1. The molecule has 0 aliphatic carbocycles. The molecule has 94 valence electrons. The molecule has 3 heteroatoms. The van der Waals surface area contributed by atoms with Crippen molar-refractivity contribution >= 4 is 0 Å². The van der Waals surface area contributed by atoms with Crippen molar-refractivity contribution in [3.8, 4) is 11.8 Å². The van der Waals surface area contributed by atoms with Gasteiger partial charge in [0, 0.05) is 30.6 Å². The maximum Gasteiger partial charge on any atom is 0.0832 e. The van der Waals surface area contributed by atoms with Crippen molar-refractivity contribution in [1.82, 2.24) is 9.78 Å². The second-order valence-corrected chi connectivity index (χ2v) is 5.34. The van der Waals surface area contributed by atoms with Gasteiger partial charge in [0.05, 0.1) is 11.8 Å². The van der Waals surface area contributed by atoms with Crippen molar-refractivity contribution in [1.29, 1.82) is 0 Å². The molecule has 0 radical (unpaired) electrons. The Bertz CT molecular complexity index is 429. The van der Waals surface area contributed by atoms with Crippen molar-refractivity contribution < 1.29 is 5.11 Å². The summed E-state index contributed by atoms with van der Waals surface area (Å²) in [6, 6.07) is 0. The van der Waals surface area contributed by atoms with E-state index >= 15 is 0 Å². The molecule has 0 bridgehead atoms. The average Bonchev–Trinajstić information content (AvgIpc) is 2.60. The number of hydrogen-bond acceptors (Lipinski definition) is 2. The van der Waals surface area contributed by atoms with Crippen LogP contribution in [0.15, 0.2) is 6.20 Å². The van der Waals surface area contributed by atoms with E-state index < -0.39 is 6.10 Å². The highest BCUT2D eigenvalue weighted by Gasteiger charge is 2.25. The molecule has 0 saturated carbocycles. The van der Waals surface area contributed by atoms with E-state index in [9.17, 15) is 5.11 Å². The first kappa shape index (κ1) is 13.8. The topological polar surface area (TPSA) is 38.0 Å². The minimum absolute atomic E-state index is 0.0476. The summed E-state index contributed by atoms with van der Waals surface area (Å²) in [5, 5.41) is 14.6. The van der Waals surface area contributed by atoms with Crippen LogP contribution in [0, 0.1) is 11.8 Å². The van der Waals surface area contributed by atoms with E-state index in [1.807, 2.05) is 20.2 Å². The van der Waals surface area contributed by atoms with Crippen LogP contribution in [0.2, 0.25) is 0 Å². The second kappa shape index (κ2) is 5.37. The van der Waals surface area contributed by atoms with Gasteiger partial charge in [0.15, 0.2) is 0 Å². The molecule has 1 heterocycles. The zero-order valence-corrected chi connectivity index (χ0v) is 11.4. The fourth-order valence-corrected chi connectivity index (χ4v) is 1.82. The predicted molar refractivity (Wildman–Crippen MR) is 69.6 cm³/mol. The van der Waals surface area contributed by atoms with Crippen LogP contribution in [-0.4, -0.2) is 14.9 Å². The molecule has 1 aromatic rings. The highest BCUT2D eigenvalue weighted by Crippen LogP contribution is 2.30. The van der Waals surface area contributed by atoms with Gasteiger partial charge >= 0.3 is 0 Å². The lowest BCUT2D eigenvalue weighted by molar-refractivity contribution is 0.167. The Morgan fingerprint density at radius 2 is 2.12 bits per heavy atom. The van der Waals surface area contributed by atoms with Gasteiger partial charge in [0.1, 0.15) is 0 Å². The van der Waals surface area contributed by atoms with Crippen LogP contribution in [0.1, 0.15) is 57.9 Å². The molecule has 0 amide bonds. The summed E-state index contributed by atoms with van der Waals surface area (Å²) >= 11 is 0. The van der Waals surface area contributed by atoms with Gasteiger partial charge in [-0.05, 0) is 13.3 Å². The molecule has 0 spiro atoms. The molecule has 0 aliphatic heterocycles. The van der Waals surface area contributed by atoms with Gasteiger partial charge in [-0.15, -0.1) is 11.8 Å². The number of aliphatic hydroxyl groups excluding tert-OH is 1. The van der Waals surface area contributed by atoms with Crippen molar-refractivity contribution in [2.45, 2.75) is 52.1 Å². The van der Waals surface area contributed by atoms with Crippen molar-refractivity contribution in [3.63, 3.8) is 0 Å². The van der Waals surface area contributed by atoms with E-state index in [0.717, 1.165) is 17.7 Å². The smallest absolute Gasteiger partial charge is 0.0832 e. The van der Waals surface area contributed by atoms with Crippen LogP contribution in [0.4, 0.5) is 0 Å². The zero-order chi connectivity index (χ0) is 13.1. The summed E-state index contributed by atoms with van der Waals surface area (Å²) in [6.07, 6.45) is 2.81. The molecular weight excluding hydrogens is 212 g/mol. The number of aryl methyl sites for hydroxylation is 1. The Balaban J connectivity index is 2.91. The van der Waals surface area contributed by atoms with Crippen LogP contribution in [-0.2, 0) is 12.5 Å². The largest absolute Gasteiger partial charge is 0.388 e. The highest BCUT2D eigenvalue weighted by molar-refractivity contribution is 5.26. The maximum atomic E-state index is 10.2. The third-order valence-corrected chi connectivity index (χ3v) is 2.65. The van der Waals surface area contributed by atoms with Crippen molar-refractivity contribution in [3.05, 3.63) is 17.5 Å². The summed E-state index contributed by atoms with van der Waals surface area (Å²) in [5.41, 5.74) is 1.85. The lowest BCUT2D eigenvalue weighted by Gasteiger charge is -2.19. The summed E-state index contributed by atoms with van der Waals surface area (Å²) in [7, 11) is 1.89. The fraction of sp³-hybridized carbons (Fsp3) is 0.643. The highest BCUT2D eigenvalue weighted by atomic mass is 16.3. The average molecular weight is 234 g/mol. The Morgan fingerprint density at radius 3 is 2.65 bits per heavy atom. The molecule has 0 saturated heterocycles. The van der Waals surface area contributed by atoms with Gasteiger partial charge in [0.2, 0.25) is 0 Å². The number of aliphatic hydroxyl groups is 1. The van der Waals surface area contributed by atoms with Crippen molar-refractivity contribution in [2.75, 3.05) is 0 Å². The summed E-state index contributed by atoms with van der Waals surface area (Å²) in [4.78, 5) is 0. The van der Waals surface area contributed by atoms with Gasteiger partial charge < -0.3 is 5.11 Å². The van der Waals surface area contributed by atoms with E-state index in [1.54, 1.807) is 4.68 Å². The van der Waals surface area contributed by atoms with Crippen molar-refractivity contribution in [2.24, 2.45) is 7.05 Å². The summed E-state index contributed by atoms with van der Waals surface area (Å²) in [5.74, 6) is 5.82. The fourth-order valence-electron chi connectivity index (χ4n) is 1.82. The Kier molecular flexibility index (Phi) is 4.36. The van der Waals surface area contributed by atoms with E-state index in [4.69, 9.17) is 0 Å². The van der Waals surface area contributed by atoms with Gasteiger partial charge in [0.25, 0.3) is 0 Å². The molecule has 0 fully saturated rings. The Hall–Kier alpha value is -1.27. The molecule has 1 unspecified atom stereocenters. The Morgan fingerprint density at radius 1 is 1.47 bits per heavy atom. The molecule has 0 aromatic carbocycles. The molecule has 1 N–H and O–H groups in total. The third-order valence-electron chi connectivity index (χ3n) is 2.65. The van der Waals surface area contributed by atoms with E-state index in [-0.39, 0.29) is 5.41 Å². The van der Waals surface area contributed by atoms with Gasteiger partial charge in [-0.3, -0.25) is 4.68 Å². The lowest BCUT2D eigenvalue weighted by Crippen LogP contribution is -2.16. The summed E-state index contributed by atoms with van der Waals surface area (Å²) < 4.78 is 1.77. The zero-order valence-electron chi connectivity index (χ0n) is 11.4. The first-order valence-electron chi connectivity index (χ1n) is 5.98. The lowest BCUT2D eigenvalue weighted by atomic mass is 9.87. The molecule has 1 rings (SSSR count). The quantitative estimate of drug-likeness (QED) is 0.816. The molecule has 1 atom stereocenters. The minimum atomic E-state index is -0.473. The number of nitrogens with zero attached hydrogens (tertiary/aromatic N) is 2. The monoisotopic (exact) mass is 234 g/mol. The molecular formula is C14H22N2O. The van der Waals surface area contributed by atoms with Crippen LogP contribution >= 0.6 is 0 Å². The first-order valence-corrected chi connectivity index (χ1v) is 5.98. The van der Waals surface area contributed by atoms with Gasteiger partial charge in [-0.1, -0.05) is 20.8 Å². The first-order chi connectivity index (χ1) is 7.86. The van der Waals surface area contributed by atoms with Gasteiger partial charge in [-0.2, -0.15) is 5.10 Å². The standard InChI is InChI=1S/C14H22N2O/c1-6-7-8-9-12(17)11-10-16(5)15-13(11)14(2,3)4/h10,12,17H,8-9H2,1-5H3. The van der Waals surface area contributed by atoms with Crippen LogP contribution < -0.4 is 0 Å². The van der Waals surface area contributed by atoms with Crippen LogP contribution in [0.5, 0.6) is 0 Å². The SMILES string of the molecule is CC#CCCC(O)c1cn(C)nc1C(C)(C)C. The van der Waals surface area contributed by atoms with Crippen LogP contribution in [0.25, 0.3) is 0 Å². The van der Waals surface area contributed by atoms with E-state index in [1.165, 1.54) is 0 Å². The Labute approximate surface area is 104 Å². The maximum absolute atomic E-state index is 10.2. The molecule has 1 aromatic heterocycles. The minimum Gasteiger partial charge on any atom is -0.388 e. The van der Waals surface area contributed by atoms with E-state index in [2.05, 4.69) is 37.7 Å². The second-order valence-electron chi connectivity index (χ2n) is 5.34. The molecule has 17 heavy (non-hydrogen) atoms. The molecule has 3 nitrogen and oxygen atoms in total. The number of aromatic nitrogens is 2. The van der Waals surface area contributed by atoms with E-state index in [0.29, 0.717) is 6.42 Å². The number of hydrogen-bond donors (Lipinski definition) is 1.